The minimum absolute atomic E-state index is 0.161. The molecule has 45 heavy (non-hydrogen) atoms. The molecule has 0 saturated heterocycles. The Kier molecular flexibility index (Phi) is 7.50. The summed E-state index contributed by atoms with van der Waals surface area (Å²) in [6.07, 6.45) is 2.36. The molecule has 1 unspecified atom stereocenters. The lowest BCUT2D eigenvalue weighted by molar-refractivity contribution is 0.0526. The largest absolute Gasteiger partial charge is 0.462 e. The molecule has 3 aromatic heterocycles. The van der Waals surface area contributed by atoms with Crippen LogP contribution in [0.4, 0.5) is 15.2 Å². The van der Waals surface area contributed by atoms with Gasteiger partial charge in [0, 0.05) is 4.88 Å². The van der Waals surface area contributed by atoms with E-state index in [2.05, 4.69) is 17.4 Å². The van der Waals surface area contributed by atoms with Crippen molar-refractivity contribution in [2.24, 2.45) is 0 Å². The lowest BCUT2D eigenvalue weighted by atomic mass is 9.83. The van der Waals surface area contributed by atoms with Gasteiger partial charge in [-0.25, -0.2) is 19.2 Å². The summed E-state index contributed by atoms with van der Waals surface area (Å²) in [5.41, 5.74) is 12.3. The van der Waals surface area contributed by atoms with Crippen LogP contribution < -0.4 is 11.1 Å². The number of aromatic nitrogens is 3. The molecule has 0 spiro atoms. The minimum Gasteiger partial charge on any atom is -0.462 e. The first-order valence-electron chi connectivity index (χ1n) is 14.9. The quantitative estimate of drug-likeness (QED) is 0.184. The van der Waals surface area contributed by atoms with E-state index in [0.29, 0.717) is 45.1 Å². The summed E-state index contributed by atoms with van der Waals surface area (Å²) in [6, 6.07) is 23.8. The predicted molar refractivity (Wildman–Crippen MR) is 174 cm³/mol. The molecule has 226 valence electrons. The molecule has 7 rings (SSSR count). The van der Waals surface area contributed by atoms with Gasteiger partial charge in [0.25, 0.3) is 5.91 Å². The van der Waals surface area contributed by atoms with Gasteiger partial charge in [-0.1, -0.05) is 54.6 Å². The number of nitrogens with one attached hydrogen (secondary N) is 1. The van der Waals surface area contributed by atoms with Crippen molar-refractivity contribution >= 4 is 56.2 Å². The molecule has 3 N–H and O–H groups in total. The molecule has 6 aromatic rings. The summed E-state index contributed by atoms with van der Waals surface area (Å²) >= 11 is 1.41. The molecular formula is C35H30FN5O3S. The number of benzene rings is 3. The van der Waals surface area contributed by atoms with Crippen LogP contribution in [0.5, 0.6) is 0 Å². The number of hydrogen-bond acceptors (Lipinski definition) is 7. The second kappa shape index (κ2) is 11.8. The van der Waals surface area contributed by atoms with Crippen molar-refractivity contribution in [1.82, 2.24) is 14.5 Å². The SMILES string of the molecule is CCOC(=O)c1c(NC(=O)c2c(N)n(Cc3ccc(F)cc3)c3nc4ccccc4nc23)sc2c1CCC(c1ccccc1)C2. The zero-order chi connectivity index (χ0) is 31.1. The van der Waals surface area contributed by atoms with Gasteiger partial charge in [-0.3, -0.25) is 4.79 Å². The molecular weight excluding hydrogens is 589 g/mol. The Balaban J connectivity index is 1.30. The highest BCUT2D eigenvalue weighted by molar-refractivity contribution is 7.17. The summed E-state index contributed by atoms with van der Waals surface area (Å²) in [7, 11) is 0. The fraction of sp³-hybridized carbons (Fsp3) is 0.200. The third-order valence-corrected chi connectivity index (χ3v) is 9.49. The molecule has 1 amide bonds. The van der Waals surface area contributed by atoms with E-state index in [0.717, 1.165) is 28.8 Å². The summed E-state index contributed by atoms with van der Waals surface area (Å²) in [5, 5.41) is 3.45. The van der Waals surface area contributed by atoms with Crippen LogP contribution in [0.3, 0.4) is 0 Å². The molecule has 0 radical (unpaired) electrons. The van der Waals surface area contributed by atoms with Gasteiger partial charge >= 0.3 is 5.97 Å². The zero-order valence-electron chi connectivity index (χ0n) is 24.5. The smallest absolute Gasteiger partial charge is 0.341 e. The topological polar surface area (TPSA) is 112 Å². The maximum atomic E-state index is 14.2. The number of thiophene rings is 1. The minimum atomic E-state index is -0.497. The lowest BCUT2D eigenvalue weighted by Gasteiger charge is -2.23. The first-order valence-corrected chi connectivity index (χ1v) is 15.7. The number of rotatable bonds is 7. The van der Waals surface area contributed by atoms with Crippen LogP contribution in [0.1, 0.15) is 61.5 Å². The number of carbonyl (C=O) groups is 2. The van der Waals surface area contributed by atoms with Gasteiger partial charge in [-0.05, 0) is 73.1 Å². The van der Waals surface area contributed by atoms with Gasteiger partial charge in [0.05, 0.1) is 29.7 Å². The summed E-state index contributed by atoms with van der Waals surface area (Å²) in [4.78, 5) is 38.1. The van der Waals surface area contributed by atoms with Crippen molar-refractivity contribution < 1.29 is 18.7 Å². The van der Waals surface area contributed by atoms with E-state index >= 15 is 0 Å². The maximum Gasteiger partial charge on any atom is 0.341 e. The Bertz CT molecular complexity index is 2070. The number of nitrogen functional groups attached to an aromatic ring is 1. The number of nitrogens with two attached hydrogens (primary N) is 1. The molecule has 0 aliphatic heterocycles. The number of amides is 1. The highest BCUT2D eigenvalue weighted by Gasteiger charge is 2.32. The Morgan fingerprint density at radius 2 is 1.71 bits per heavy atom. The van der Waals surface area contributed by atoms with E-state index in [1.54, 1.807) is 23.6 Å². The lowest BCUT2D eigenvalue weighted by Crippen LogP contribution is -2.18. The van der Waals surface area contributed by atoms with E-state index in [1.807, 2.05) is 42.5 Å². The number of nitrogens with zero attached hydrogens (tertiary/aromatic N) is 3. The zero-order valence-corrected chi connectivity index (χ0v) is 25.4. The van der Waals surface area contributed by atoms with Crippen molar-refractivity contribution in [2.75, 3.05) is 17.7 Å². The standard InChI is InChI=1S/C35H30FN5O3S/c1-2-44-35(43)28-24-17-14-22(21-8-4-3-5-9-21)18-27(24)45-34(28)40-33(42)29-30-32(39-26-11-7-6-10-25(26)38-30)41(31(29)37)19-20-12-15-23(36)16-13-20/h3-13,15-16,22H,2,14,17-19,37H2,1H3,(H,40,42). The maximum absolute atomic E-state index is 14.2. The van der Waals surface area contributed by atoms with Crippen molar-refractivity contribution in [3.63, 3.8) is 0 Å². The number of carbonyl (C=O) groups excluding carboxylic acids is 2. The van der Waals surface area contributed by atoms with Gasteiger partial charge < -0.3 is 20.4 Å². The average Bonchev–Trinajstić information content (AvgIpc) is 3.54. The molecule has 1 aliphatic rings. The van der Waals surface area contributed by atoms with Gasteiger partial charge in [-0.15, -0.1) is 11.3 Å². The molecule has 0 fully saturated rings. The number of hydrogen-bond donors (Lipinski definition) is 2. The number of halogens is 1. The van der Waals surface area contributed by atoms with Crippen molar-refractivity contribution in [1.29, 1.82) is 0 Å². The summed E-state index contributed by atoms with van der Waals surface area (Å²) < 4.78 is 20.8. The van der Waals surface area contributed by atoms with Gasteiger partial charge in [0.15, 0.2) is 5.65 Å². The Labute approximate surface area is 262 Å². The Morgan fingerprint density at radius 3 is 2.44 bits per heavy atom. The second-order valence-corrected chi connectivity index (χ2v) is 12.2. The number of esters is 1. The van der Waals surface area contributed by atoms with E-state index in [1.165, 1.54) is 29.0 Å². The Hall–Kier alpha value is -5.09. The number of para-hydroxylation sites is 2. The van der Waals surface area contributed by atoms with Crippen molar-refractivity contribution in [3.8, 4) is 0 Å². The highest BCUT2D eigenvalue weighted by atomic mass is 32.1. The number of ether oxygens (including phenoxy) is 1. The molecule has 0 saturated carbocycles. The van der Waals surface area contributed by atoms with Crippen LogP contribution in [0, 0.1) is 5.82 Å². The summed E-state index contributed by atoms with van der Waals surface area (Å²) in [5.74, 6) is -0.810. The third kappa shape index (κ3) is 5.31. The fourth-order valence-electron chi connectivity index (χ4n) is 6.14. The fourth-order valence-corrected chi connectivity index (χ4v) is 7.45. The summed E-state index contributed by atoms with van der Waals surface area (Å²) in [6.45, 7) is 2.24. The molecule has 3 heterocycles. The van der Waals surface area contributed by atoms with Crippen LogP contribution >= 0.6 is 11.3 Å². The third-order valence-electron chi connectivity index (χ3n) is 8.32. The predicted octanol–water partition coefficient (Wildman–Crippen LogP) is 7.12. The first kappa shape index (κ1) is 28.7. The normalized spacial score (nSPS) is 14.4. The van der Waals surface area contributed by atoms with Gasteiger partial charge in [0.1, 0.15) is 27.7 Å². The number of anilines is 2. The van der Waals surface area contributed by atoms with Gasteiger partial charge in [-0.2, -0.15) is 0 Å². The van der Waals surface area contributed by atoms with Crippen LogP contribution in [0.15, 0.2) is 78.9 Å². The number of fused-ring (bicyclic) bond motifs is 3. The highest BCUT2D eigenvalue weighted by Crippen LogP contribution is 2.43. The van der Waals surface area contributed by atoms with E-state index in [4.69, 9.17) is 20.4 Å². The van der Waals surface area contributed by atoms with Crippen molar-refractivity contribution in [2.45, 2.75) is 38.6 Å². The molecule has 10 heteroatoms. The molecule has 0 bridgehead atoms. The van der Waals surface area contributed by atoms with Gasteiger partial charge in [0.2, 0.25) is 0 Å². The van der Waals surface area contributed by atoms with E-state index in [-0.39, 0.29) is 30.4 Å². The van der Waals surface area contributed by atoms with Crippen LogP contribution in [0.25, 0.3) is 22.2 Å². The average molecular weight is 620 g/mol. The Morgan fingerprint density at radius 1 is 1.00 bits per heavy atom. The van der Waals surface area contributed by atoms with Crippen molar-refractivity contribution in [3.05, 3.63) is 117 Å². The van der Waals surface area contributed by atoms with Crippen LogP contribution in [-0.4, -0.2) is 33.0 Å². The van der Waals surface area contributed by atoms with Crippen LogP contribution in [0.2, 0.25) is 0 Å². The monoisotopic (exact) mass is 619 g/mol. The van der Waals surface area contributed by atoms with E-state index in [9.17, 15) is 14.0 Å². The molecule has 3 aromatic carbocycles. The van der Waals surface area contributed by atoms with Crippen LogP contribution in [-0.2, 0) is 24.1 Å². The second-order valence-electron chi connectivity index (χ2n) is 11.1. The van der Waals surface area contributed by atoms with E-state index < -0.39 is 11.9 Å². The molecule has 1 atom stereocenters. The first-order chi connectivity index (χ1) is 21.9. The molecule has 8 nitrogen and oxygen atoms in total. The molecule has 1 aliphatic carbocycles.